The minimum Gasteiger partial charge on any atom is -0.347 e. The van der Waals surface area contributed by atoms with Crippen LogP contribution in [0.5, 0.6) is 0 Å². The molecule has 1 amide bonds. The van der Waals surface area contributed by atoms with Crippen LogP contribution < -0.4 is 10.6 Å². The molecule has 1 saturated heterocycles. The summed E-state index contributed by atoms with van der Waals surface area (Å²) >= 11 is 0. The van der Waals surface area contributed by atoms with E-state index in [2.05, 4.69) is 17.6 Å². The van der Waals surface area contributed by atoms with E-state index >= 15 is 0 Å². The Kier molecular flexibility index (Phi) is 4.32. The van der Waals surface area contributed by atoms with Gasteiger partial charge in [-0.2, -0.15) is 0 Å². The third-order valence-electron chi connectivity index (χ3n) is 3.43. The van der Waals surface area contributed by atoms with E-state index in [0.29, 0.717) is 0 Å². The number of benzene rings is 1. The Morgan fingerprint density at radius 1 is 1.32 bits per heavy atom. The van der Waals surface area contributed by atoms with E-state index in [1.807, 2.05) is 0 Å². The van der Waals surface area contributed by atoms with Crippen molar-refractivity contribution in [2.45, 2.75) is 25.3 Å². The molecule has 1 aliphatic heterocycles. The van der Waals surface area contributed by atoms with Crippen LogP contribution >= 0.6 is 0 Å². The Morgan fingerprint density at radius 2 is 1.95 bits per heavy atom. The predicted molar refractivity (Wildman–Crippen MR) is 74.1 cm³/mol. The number of hydrogen-bond acceptors (Lipinski definition) is 2. The molecule has 0 saturated carbocycles. The van der Waals surface area contributed by atoms with Gasteiger partial charge in [0.2, 0.25) is 5.91 Å². The second kappa shape index (κ2) is 5.97. The Bertz CT molecular complexity index is 462. The molecule has 0 bridgehead atoms. The fourth-order valence-electron chi connectivity index (χ4n) is 2.19. The molecule has 0 unspecified atom stereocenters. The normalized spacial score (nSPS) is 18.4. The van der Waals surface area contributed by atoms with Gasteiger partial charge in [-0.1, -0.05) is 12.1 Å². The lowest BCUT2D eigenvalue weighted by Gasteiger charge is -2.34. The van der Waals surface area contributed by atoms with Crippen molar-refractivity contribution in [3.05, 3.63) is 41.7 Å². The Balaban J connectivity index is 1.91. The van der Waals surface area contributed by atoms with Gasteiger partial charge in [-0.05, 0) is 56.6 Å². The summed E-state index contributed by atoms with van der Waals surface area (Å²) in [6, 6.07) is 6.05. The molecule has 2 rings (SSSR count). The molecular weight excluding hydrogens is 243 g/mol. The van der Waals surface area contributed by atoms with Crippen LogP contribution in [0.3, 0.4) is 0 Å². The first-order valence-corrected chi connectivity index (χ1v) is 6.54. The second-order valence-corrected chi connectivity index (χ2v) is 5.18. The van der Waals surface area contributed by atoms with Gasteiger partial charge in [0.1, 0.15) is 5.82 Å². The van der Waals surface area contributed by atoms with Crippen LogP contribution in [0.25, 0.3) is 6.08 Å². The van der Waals surface area contributed by atoms with Gasteiger partial charge in [-0.15, -0.1) is 0 Å². The number of nitrogens with one attached hydrogen (secondary N) is 2. The molecule has 1 aromatic carbocycles. The maximum Gasteiger partial charge on any atom is 0.244 e. The molecule has 1 heterocycles. The SMILES string of the molecule is CC1(NC(=O)/C=C/c2ccc(F)cc2)CCNCC1. The fraction of sp³-hybridized carbons (Fsp3) is 0.400. The van der Waals surface area contributed by atoms with Crippen LogP contribution in [-0.2, 0) is 4.79 Å². The highest BCUT2D eigenvalue weighted by Gasteiger charge is 2.27. The van der Waals surface area contributed by atoms with Crippen molar-refractivity contribution in [1.29, 1.82) is 0 Å². The first-order valence-electron chi connectivity index (χ1n) is 6.54. The van der Waals surface area contributed by atoms with Gasteiger partial charge in [-0.25, -0.2) is 4.39 Å². The quantitative estimate of drug-likeness (QED) is 0.819. The number of carbonyl (C=O) groups excluding carboxylic acids is 1. The molecule has 0 aliphatic carbocycles. The van der Waals surface area contributed by atoms with Gasteiger partial charge in [0.25, 0.3) is 0 Å². The standard InChI is InChI=1S/C15H19FN2O/c1-15(8-10-17-11-9-15)18-14(19)7-4-12-2-5-13(16)6-3-12/h2-7,17H,8-11H2,1H3,(H,18,19)/b7-4+. The van der Waals surface area contributed by atoms with Crippen molar-refractivity contribution >= 4 is 12.0 Å². The number of piperidine rings is 1. The van der Waals surface area contributed by atoms with E-state index in [9.17, 15) is 9.18 Å². The largest absolute Gasteiger partial charge is 0.347 e. The maximum absolute atomic E-state index is 12.7. The number of hydrogen-bond donors (Lipinski definition) is 2. The van der Waals surface area contributed by atoms with Crippen LogP contribution in [0.2, 0.25) is 0 Å². The van der Waals surface area contributed by atoms with Gasteiger partial charge in [0.15, 0.2) is 0 Å². The highest BCUT2D eigenvalue weighted by atomic mass is 19.1. The molecule has 102 valence electrons. The van der Waals surface area contributed by atoms with E-state index in [1.165, 1.54) is 18.2 Å². The van der Waals surface area contributed by atoms with Crippen LogP contribution in [0.15, 0.2) is 30.3 Å². The van der Waals surface area contributed by atoms with E-state index in [4.69, 9.17) is 0 Å². The minimum absolute atomic E-state index is 0.103. The highest BCUT2D eigenvalue weighted by molar-refractivity contribution is 5.92. The average Bonchev–Trinajstić information content (AvgIpc) is 2.38. The lowest BCUT2D eigenvalue weighted by molar-refractivity contribution is -0.118. The summed E-state index contributed by atoms with van der Waals surface area (Å²) in [6.07, 6.45) is 5.06. The molecule has 3 nitrogen and oxygen atoms in total. The van der Waals surface area contributed by atoms with E-state index < -0.39 is 0 Å². The fourth-order valence-corrected chi connectivity index (χ4v) is 2.19. The summed E-state index contributed by atoms with van der Waals surface area (Å²) < 4.78 is 12.7. The zero-order valence-electron chi connectivity index (χ0n) is 11.1. The molecule has 1 aliphatic rings. The van der Waals surface area contributed by atoms with Gasteiger partial charge >= 0.3 is 0 Å². The molecule has 2 N–H and O–H groups in total. The van der Waals surface area contributed by atoms with E-state index in [-0.39, 0.29) is 17.3 Å². The summed E-state index contributed by atoms with van der Waals surface area (Å²) in [5, 5.41) is 6.31. The maximum atomic E-state index is 12.7. The monoisotopic (exact) mass is 262 g/mol. The number of rotatable bonds is 3. The lowest BCUT2D eigenvalue weighted by atomic mass is 9.90. The number of halogens is 1. The summed E-state index contributed by atoms with van der Waals surface area (Å²) in [5.74, 6) is -0.377. The zero-order chi connectivity index (χ0) is 13.7. The molecular formula is C15H19FN2O. The first kappa shape index (κ1) is 13.7. The van der Waals surface area contributed by atoms with Gasteiger partial charge in [0.05, 0.1) is 0 Å². The zero-order valence-corrected chi connectivity index (χ0v) is 11.1. The molecule has 4 heteroatoms. The Morgan fingerprint density at radius 3 is 2.58 bits per heavy atom. The van der Waals surface area contributed by atoms with Crippen LogP contribution in [0, 0.1) is 5.82 Å². The third-order valence-corrected chi connectivity index (χ3v) is 3.43. The Labute approximate surface area is 112 Å². The molecule has 1 fully saturated rings. The van der Waals surface area contributed by atoms with Gasteiger partial charge in [0, 0.05) is 11.6 Å². The van der Waals surface area contributed by atoms with Crippen LogP contribution in [0.1, 0.15) is 25.3 Å². The second-order valence-electron chi connectivity index (χ2n) is 5.18. The summed E-state index contributed by atoms with van der Waals surface area (Å²) in [6.45, 7) is 3.92. The number of carbonyl (C=O) groups is 1. The molecule has 0 aromatic heterocycles. The van der Waals surface area contributed by atoms with Crippen molar-refractivity contribution in [3.63, 3.8) is 0 Å². The van der Waals surface area contributed by atoms with Crippen LogP contribution in [0.4, 0.5) is 4.39 Å². The summed E-state index contributed by atoms with van der Waals surface area (Å²) in [5.41, 5.74) is 0.683. The van der Waals surface area contributed by atoms with Crippen molar-refractivity contribution < 1.29 is 9.18 Å². The van der Waals surface area contributed by atoms with Crippen molar-refractivity contribution in [1.82, 2.24) is 10.6 Å². The Hall–Kier alpha value is -1.68. The van der Waals surface area contributed by atoms with Gasteiger partial charge in [-0.3, -0.25) is 4.79 Å². The molecule has 0 atom stereocenters. The van der Waals surface area contributed by atoms with Crippen molar-refractivity contribution in [2.75, 3.05) is 13.1 Å². The average molecular weight is 262 g/mol. The van der Waals surface area contributed by atoms with Crippen molar-refractivity contribution in [2.24, 2.45) is 0 Å². The predicted octanol–water partition coefficient (Wildman–Crippen LogP) is 2.10. The lowest BCUT2D eigenvalue weighted by Crippen LogP contribution is -2.51. The number of amides is 1. The summed E-state index contributed by atoms with van der Waals surface area (Å²) in [4.78, 5) is 11.9. The molecule has 0 spiro atoms. The van der Waals surface area contributed by atoms with Crippen molar-refractivity contribution in [3.8, 4) is 0 Å². The van der Waals surface area contributed by atoms with E-state index in [0.717, 1.165) is 31.5 Å². The third kappa shape index (κ3) is 4.17. The topological polar surface area (TPSA) is 41.1 Å². The highest BCUT2D eigenvalue weighted by Crippen LogP contribution is 2.17. The molecule has 0 radical (unpaired) electrons. The molecule has 1 aromatic rings. The molecule has 19 heavy (non-hydrogen) atoms. The summed E-state index contributed by atoms with van der Waals surface area (Å²) in [7, 11) is 0. The minimum atomic E-state index is -0.274. The smallest absolute Gasteiger partial charge is 0.244 e. The van der Waals surface area contributed by atoms with Gasteiger partial charge < -0.3 is 10.6 Å². The van der Waals surface area contributed by atoms with E-state index in [1.54, 1.807) is 18.2 Å². The van der Waals surface area contributed by atoms with Crippen LogP contribution in [-0.4, -0.2) is 24.5 Å². The first-order chi connectivity index (χ1) is 9.07.